The third-order valence-corrected chi connectivity index (χ3v) is 4.73. The van der Waals surface area contributed by atoms with Crippen LogP contribution in [-0.4, -0.2) is 25.7 Å². The van der Waals surface area contributed by atoms with Crippen molar-refractivity contribution < 1.29 is 13.5 Å². The van der Waals surface area contributed by atoms with Gasteiger partial charge in [0.15, 0.2) is 0 Å². The number of aliphatic hydroxyl groups is 1. The highest BCUT2D eigenvalue weighted by atomic mass is 32.2. The van der Waals surface area contributed by atoms with E-state index in [-0.39, 0.29) is 16.9 Å². The van der Waals surface area contributed by atoms with E-state index in [2.05, 4.69) is 25.5 Å². The number of nitrogens with one attached hydrogen (secondary N) is 1. The Bertz CT molecular complexity index is 554. The zero-order valence-corrected chi connectivity index (χ0v) is 14.4. The van der Waals surface area contributed by atoms with Crippen LogP contribution in [-0.2, 0) is 16.4 Å². The van der Waals surface area contributed by atoms with Gasteiger partial charge in [-0.3, -0.25) is 0 Å². The molecule has 0 aliphatic heterocycles. The van der Waals surface area contributed by atoms with Crippen molar-refractivity contribution in [3.8, 4) is 0 Å². The van der Waals surface area contributed by atoms with Crippen molar-refractivity contribution in [1.29, 1.82) is 0 Å². The van der Waals surface area contributed by atoms with Crippen LogP contribution in [0.25, 0.3) is 0 Å². The number of hydrogen-bond donors (Lipinski definition) is 2. The molecule has 1 aromatic rings. The van der Waals surface area contributed by atoms with Gasteiger partial charge >= 0.3 is 0 Å². The molecule has 2 N–H and O–H groups in total. The molecule has 0 radical (unpaired) electrons. The normalized spacial score (nSPS) is 13.4. The van der Waals surface area contributed by atoms with Crippen molar-refractivity contribution in [2.45, 2.75) is 57.9 Å². The summed E-state index contributed by atoms with van der Waals surface area (Å²) in [5.74, 6) is 0. The van der Waals surface area contributed by atoms with Crippen LogP contribution >= 0.6 is 0 Å². The molecular formula is C16H27NO3S. The van der Waals surface area contributed by atoms with E-state index in [0.29, 0.717) is 6.42 Å². The van der Waals surface area contributed by atoms with Crippen molar-refractivity contribution in [2.24, 2.45) is 5.41 Å². The lowest BCUT2D eigenvalue weighted by atomic mass is 9.82. The average molecular weight is 313 g/mol. The second kappa shape index (κ2) is 6.46. The third-order valence-electron chi connectivity index (χ3n) is 3.02. The Morgan fingerprint density at radius 2 is 1.57 bits per heavy atom. The van der Waals surface area contributed by atoms with Gasteiger partial charge in [0.2, 0.25) is 10.0 Å². The molecule has 1 rings (SSSR count). The molecule has 0 fully saturated rings. The highest BCUT2D eigenvalue weighted by Crippen LogP contribution is 2.28. The Morgan fingerprint density at radius 3 is 2.00 bits per heavy atom. The monoisotopic (exact) mass is 313 g/mol. The summed E-state index contributed by atoms with van der Waals surface area (Å²) in [5.41, 5.74) is 0.447. The summed E-state index contributed by atoms with van der Waals surface area (Å²) in [5, 5.41) is 8.88. The first-order valence-corrected chi connectivity index (χ1v) is 8.67. The van der Waals surface area contributed by atoms with Gasteiger partial charge in [-0.25, -0.2) is 13.1 Å². The summed E-state index contributed by atoms with van der Waals surface area (Å²) < 4.78 is 27.7. The smallest absolute Gasteiger partial charge is 0.241 e. The van der Waals surface area contributed by atoms with Gasteiger partial charge in [-0.2, -0.15) is 0 Å². The molecular weight excluding hydrogens is 286 g/mol. The zero-order valence-electron chi connectivity index (χ0n) is 13.6. The largest absolute Gasteiger partial charge is 0.396 e. The maximum absolute atomic E-state index is 12.4. The molecule has 21 heavy (non-hydrogen) atoms. The first-order chi connectivity index (χ1) is 9.45. The van der Waals surface area contributed by atoms with Crippen LogP contribution in [0.3, 0.4) is 0 Å². The van der Waals surface area contributed by atoms with E-state index in [0.717, 1.165) is 12.0 Å². The van der Waals surface area contributed by atoms with Gasteiger partial charge < -0.3 is 5.11 Å². The SMILES string of the molecule is CC(C)(C)CC(C)(C)NS(=O)(=O)c1ccc(CCO)cc1. The van der Waals surface area contributed by atoms with Crippen LogP contribution < -0.4 is 4.72 Å². The van der Waals surface area contributed by atoms with Crippen molar-refractivity contribution >= 4 is 10.0 Å². The van der Waals surface area contributed by atoms with Gasteiger partial charge in [-0.1, -0.05) is 32.9 Å². The molecule has 0 bridgehead atoms. The summed E-state index contributed by atoms with van der Waals surface area (Å²) in [7, 11) is -3.53. The lowest BCUT2D eigenvalue weighted by molar-refractivity contribution is 0.269. The van der Waals surface area contributed by atoms with Crippen molar-refractivity contribution in [1.82, 2.24) is 4.72 Å². The highest BCUT2D eigenvalue weighted by molar-refractivity contribution is 7.89. The number of rotatable bonds is 6. The second-order valence-corrected chi connectivity index (χ2v) is 9.03. The molecule has 4 nitrogen and oxygen atoms in total. The Kier molecular flexibility index (Phi) is 5.58. The Morgan fingerprint density at radius 1 is 1.05 bits per heavy atom. The topological polar surface area (TPSA) is 66.4 Å². The minimum absolute atomic E-state index is 0.0387. The Labute approximate surface area is 128 Å². The van der Waals surface area contributed by atoms with Crippen molar-refractivity contribution in [3.63, 3.8) is 0 Å². The fraction of sp³-hybridized carbons (Fsp3) is 0.625. The van der Waals surface area contributed by atoms with E-state index < -0.39 is 15.6 Å². The molecule has 0 saturated heterocycles. The summed E-state index contributed by atoms with van der Waals surface area (Å²) in [4.78, 5) is 0.256. The minimum atomic E-state index is -3.53. The molecule has 5 heteroatoms. The van der Waals surface area contributed by atoms with E-state index in [1.807, 2.05) is 13.8 Å². The predicted molar refractivity (Wildman–Crippen MR) is 85.7 cm³/mol. The van der Waals surface area contributed by atoms with Crippen molar-refractivity contribution in [2.75, 3.05) is 6.61 Å². The third kappa shape index (κ3) is 6.16. The van der Waals surface area contributed by atoms with Crippen LogP contribution in [0.4, 0.5) is 0 Å². The van der Waals surface area contributed by atoms with Gasteiger partial charge in [0.05, 0.1) is 4.90 Å². The van der Waals surface area contributed by atoms with Gasteiger partial charge in [-0.15, -0.1) is 0 Å². The van der Waals surface area contributed by atoms with E-state index in [1.165, 1.54) is 0 Å². The molecule has 1 aromatic carbocycles. The van der Waals surface area contributed by atoms with Crippen LogP contribution in [0.1, 0.15) is 46.6 Å². The van der Waals surface area contributed by atoms with Gasteiger partial charge in [0.1, 0.15) is 0 Å². The molecule has 0 spiro atoms. The number of benzene rings is 1. The predicted octanol–water partition coefficient (Wildman–Crippen LogP) is 2.71. The molecule has 0 aliphatic carbocycles. The fourth-order valence-corrected chi connectivity index (χ4v) is 4.16. The fourth-order valence-electron chi connectivity index (χ4n) is 2.75. The average Bonchev–Trinajstić information content (AvgIpc) is 2.25. The van der Waals surface area contributed by atoms with E-state index >= 15 is 0 Å². The van der Waals surface area contributed by atoms with Gasteiger partial charge in [-0.05, 0) is 49.8 Å². The molecule has 0 saturated carbocycles. The molecule has 0 aliphatic rings. The van der Waals surface area contributed by atoms with Crippen LogP contribution in [0, 0.1) is 5.41 Å². The van der Waals surface area contributed by atoms with E-state index in [4.69, 9.17) is 5.11 Å². The summed E-state index contributed by atoms with van der Waals surface area (Å²) in [6.45, 7) is 10.1. The molecule has 0 atom stereocenters. The lowest BCUT2D eigenvalue weighted by Gasteiger charge is -2.33. The minimum Gasteiger partial charge on any atom is -0.396 e. The van der Waals surface area contributed by atoms with E-state index in [1.54, 1.807) is 24.3 Å². The standard InChI is InChI=1S/C16H27NO3S/c1-15(2,3)12-16(4,5)17-21(19,20)14-8-6-13(7-9-14)10-11-18/h6-9,17-18H,10-12H2,1-5H3. The zero-order chi connectivity index (χ0) is 16.3. The molecule has 120 valence electrons. The summed E-state index contributed by atoms with van der Waals surface area (Å²) in [6.07, 6.45) is 1.27. The molecule has 0 aromatic heterocycles. The molecule has 0 amide bonds. The van der Waals surface area contributed by atoms with Crippen molar-refractivity contribution in [3.05, 3.63) is 29.8 Å². The van der Waals surface area contributed by atoms with Crippen LogP contribution in [0.15, 0.2) is 29.2 Å². The first-order valence-electron chi connectivity index (χ1n) is 7.19. The molecule has 0 unspecified atom stereocenters. The number of aliphatic hydroxyl groups excluding tert-OH is 1. The highest BCUT2D eigenvalue weighted by Gasteiger charge is 2.30. The number of sulfonamides is 1. The number of hydrogen-bond acceptors (Lipinski definition) is 3. The maximum Gasteiger partial charge on any atom is 0.241 e. The van der Waals surface area contributed by atoms with E-state index in [9.17, 15) is 8.42 Å². The quantitative estimate of drug-likeness (QED) is 0.848. The summed E-state index contributed by atoms with van der Waals surface area (Å²) >= 11 is 0. The Balaban J connectivity index is 2.90. The Hall–Kier alpha value is -0.910. The lowest BCUT2D eigenvalue weighted by Crippen LogP contribution is -2.45. The first kappa shape index (κ1) is 18.1. The second-order valence-electron chi connectivity index (χ2n) is 7.34. The van der Waals surface area contributed by atoms with Crippen LogP contribution in [0.2, 0.25) is 0 Å². The maximum atomic E-state index is 12.4. The summed E-state index contributed by atoms with van der Waals surface area (Å²) in [6, 6.07) is 6.64. The van der Waals surface area contributed by atoms with Gasteiger partial charge in [0, 0.05) is 12.1 Å². The van der Waals surface area contributed by atoms with Gasteiger partial charge in [0.25, 0.3) is 0 Å². The molecule has 0 heterocycles. The van der Waals surface area contributed by atoms with Crippen LogP contribution in [0.5, 0.6) is 0 Å².